The number of ether oxygens (including phenoxy) is 2. The van der Waals surface area contributed by atoms with Gasteiger partial charge in [0, 0.05) is 32.7 Å². The van der Waals surface area contributed by atoms with Gasteiger partial charge >= 0.3 is 0 Å². The first kappa shape index (κ1) is 12.9. The summed E-state index contributed by atoms with van der Waals surface area (Å²) in [6, 6.07) is 0. The summed E-state index contributed by atoms with van der Waals surface area (Å²) in [7, 11) is 1.70. The lowest BCUT2D eigenvalue weighted by Gasteiger charge is -2.25. The van der Waals surface area contributed by atoms with Crippen molar-refractivity contribution in [1.82, 2.24) is 4.90 Å². The molecule has 15 heavy (non-hydrogen) atoms. The minimum atomic E-state index is -0.260. The highest BCUT2D eigenvalue weighted by molar-refractivity contribution is 4.75. The van der Waals surface area contributed by atoms with E-state index in [4.69, 9.17) is 9.47 Å². The molecule has 4 nitrogen and oxygen atoms in total. The van der Waals surface area contributed by atoms with E-state index in [1.54, 1.807) is 7.11 Å². The smallest absolute Gasteiger partial charge is 0.0718 e. The molecule has 4 heteroatoms. The van der Waals surface area contributed by atoms with Crippen molar-refractivity contribution < 1.29 is 14.6 Å². The first-order chi connectivity index (χ1) is 7.27. The van der Waals surface area contributed by atoms with Crippen LogP contribution >= 0.6 is 0 Å². The first-order valence-electron chi connectivity index (χ1n) is 5.75. The second-order valence-electron chi connectivity index (χ2n) is 4.08. The second kappa shape index (κ2) is 7.17. The number of methoxy groups -OCH3 is 1. The van der Waals surface area contributed by atoms with Crippen LogP contribution in [0, 0.1) is 5.92 Å². The molecule has 1 saturated heterocycles. The molecular weight excluding hydrogens is 194 g/mol. The molecule has 0 bridgehead atoms. The number of aliphatic hydroxyl groups is 1. The van der Waals surface area contributed by atoms with E-state index in [2.05, 4.69) is 11.8 Å². The quantitative estimate of drug-likeness (QED) is 0.668. The van der Waals surface area contributed by atoms with Crippen molar-refractivity contribution in [2.24, 2.45) is 5.92 Å². The van der Waals surface area contributed by atoms with Crippen molar-refractivity contribution in [3.8, 4) is 0 Å². The monoisotopic (exact) mass is 217 g/mol. The molecule has 1 fully saturated rings. The Morgan fingerprint density at radius 3 is 2.93 bits per heavy atom. The number of rotatable bonds is 7. The summed E-state index contributed by atoms with van der Waals surface area (Å²) in [6.45, 7) is 6.91. The molecule has 1 aliphatic heterocycles. The summed E-state index contributed by atoms with van der Waals surface area (Å²) in [6.07, 6.45) is 0.729. The fourth-order valence-corrected chi connectivity index (χ4v) is 1.87. The standard InChI is InChI=1S/C11H23NO3/c1-3-12(5-7-14-2)8-11(13)10-4-6-15-9-10/h10-11,13H,3-9H2,1-2H3. The molecule has 0 aromatic rings. The van der Waals surface area contributed by atoms with Gasteiger partial charge in [-0.15, -0.1) is 0 Å². The van der Waals surface area contributed by atoms with E-state index in [1.807, 2.05) is 0 Å². The lowest BCUT2D eigenvalue weighted by atomic mass is 10.0. The molecule has 1 heterocycles. The normalized spacial score (nSPS) is 23.6. The molecule has 2 unspecified atom stereocenters. The summed E-state index contributed by atoms with van der Waals surface area (Å²) in [5.41, 5.74) is 0. The maximum atomic E-state index is 9.99. The van der Waals surface area contributed by atoms with Crippen molar-refractivity contribution in [3.63, 3.8) is 0 Å². The zero-order valence-electron chi connectivity index (χ0n) is 9.82. The Kier molecular flexibility index (Phi) is 6.17. The van der Waals surface area contributed by atoms with Crippen molar-refractivity contribution >= 4 is 0 Å². The molecule has 1 N–H and O–H groups in total. The molecule has 0 radical (unpaired) electrons. The van der Waals surface area contributed by atoms with Crippen LogP contribution in [0.15, 0.2) is 0 Å². The van der Waals surface area contributed by atoms with Crippen molar-refractivity contribution in [2.75, 3.05) is 46.6 Å². The molecular formula is C11H23NO3. The number of hydrogen-bond donors (Lipinski definition) is 1. The van der Waals surface area contributed by atoms with Gasteiger partial charge < -0.3 is 14.6 Å². The third-order valence-corrected chi connectivity index (χ3v) is 3.01. The average molecular weight is 217 g/mol. The van der Waals surface area contributed by atoms with Gasteiger partial charge in [-0.3, -0.25) is 4.90 Å². The van der Waals surface area contributed by atoms with Crippen molar-refractivity contribution in [2.45, 2.75) is 19.4 Å². The highest BCUT2D eigenvalue weighted by Crippen LogP contribution is 2.17. The van der Waals surface area contributed by atoms with Crippen LogP contribution in [0.3, 0.4) is 0 Å². The molecule has 1 aliphatic rings. The third kappa shape index (κ3) is 4.47. The zero-order chi connectivity index (χ0) is 11.1. The van der Waals surface area contributed by atoms with Gasteiger partial charge in [-0.05, 0) is 13.0 Å². The van der Waals surface area contributed by atoms with Crippen molar-refractivity contribution in [3.05, 3.63) is 0 Å². The van der Waals surface area contributed by atoms with Crippen LogP contribution in [0.5, 0.6) is 0 Å². The lowest BCUT2D eigenvalue weighted by Crippen LogP contribution is -2.38. The fraction of sp³-hybridized carbons (Fsp3) is 1.00. The van der Waals surface area contributed by atoms with E-state index in [9.17, 15) is 5.11 Å². The molecule has 0 aromatic heterocycles. The van der Waals surface area contributed by atoms with Crippen LogP contribution < -0.4 is 0 Å². The number of aliphatic hydroxyl groups excluding tert-OH is 1. The SMILES string of the molecule is CCN(CCOC)CC(O)C1CCOC1. The average Bonchev–Trinajstić information content (AvgIpc) is 2.77. The van der Waals surface area contributed by atoms with Gasteiger partial charge in [0.15, 0.2) is 0 Å². The Morgan fingerprint density at radius 2 is 2.40 bits per heavy atom. The molecule has 1 rings (SSSR count). The van der Waals surface area contributed by atoms with E-state index in [0.29, 0.717) is 12.5 Å². The maximum absolute atomic E-state index is 9.99. The Labute approximate surface area is 92.2 Å². The summed E-state index contributed by atoms with van der Waals surface area (Å²) < 4.78 is 10.3. The third-order valence-electron chi connectivity index (χ3n) is 3.01. The first-order valence-corrected chi connectivity index (χ1v) is 5.75. The molecule has 0 saturated carbocycles. The van der Waals surface area contributed by atoms with Gasteiger partial charge in [0.1, 0.15) is 0 Å². The molecule has 0 spiro atoms. The lowest BCUT2D eigenvalue weighted by molar-refractivity contribution is 0.0484. The predicted molar refractivity (Wildman–Crippen MR) is 58.9 cm³/mol. The Balaban J connectivity index is 2.23. The second-order valence-corrected chi connectivity index (χ2v) is 4.08. The topological polar surface area (TPSA) is 41.9 Å². The van der Waals surface area contributed by atoms with E-state index in [1.165, 1.54) is 0 Å². The number of likely N-dealkylation sites (N-methyl/N-ethyl adjacent to an activating group) is 1. The predicted octanol–water partition coefficient (Wildman–Crippen LogP) is 0.352. The van der Waals surface area contributed by atoms with Crippen LogP contribution in [-0.4, -0.2) is 62.7 Å². The van der Waals surface area contributed by atoms with E-state index >= 15 is 0 Å². The van der Waals surface area contributed by atoms with Crippen LogP contribution in [0.1, 0.15) is 13.3 Å². The Hall–Kier alpha value is -0.160. The number of hydrogen-bond acceptors (Lipinski definition) is 4. The largest absolute Gasteiger partial charge is 0.391 e. The van der Waals surface area contributed by atoms with Crippen LogP contribution in [0.25, 0.3) is 0 Å². The van der Waals surface area contributed by atoms with Gasteiger partial charge in [-0.1, -0.05) is 6.92 Å². The number of nitrogens with zero attached hydrogens (tertiary/aromatic N) is 1. The molecule has 0 aliphatic carbocycles. The van der Waals surface area contributed by atoms with E-state index in [0.717, 1.165) is 39.3 Å². The van der Waals surface area contributed by atoms with Gasteiger partial charge in [-0.2, -0.15) is 0 Å². The van der Waals surface area contributed by atoms with Crippen molar-refractivity contribution in [1.29, 1.82) is 0 Å². The molecule has 0 aromatic carbocycles. The van der Waals surface area contributed by atoms with Crippen LogP contribution in [0.4, 0.5) is 0 Å². The Bertz CT molecular complexity index is 160. The zero-order valence-corrected chi connectivity index (χ0v) is 9.82. The van der Waals surface area contributed by atoms with Crippen LogP contribution in [-0.2, 0) is 9.47 Å². The van der Waals surface area contributed by atoms with E-state index < -0.39 is 0 Å². The summed E-state index contributed by atoms with van der Waals surface area (Å²) in [4.78, 5) is 2.21. The maximum Gasteiger partial charge on any atom is 0.0718 e. The Morgan fingerprint density at radius 1 is 1.60 bits per heavy atom. The molecule has 0 amide bonds. The summed E-state index contributed by atoms with van der Waals surface area (Å²) in [5, 5.41) is 9.99. The van der Waals surface area contributed by atoms with E-state index in [-0.39, 0.29) is 6.10 Å². The minimum Gasteiger partial charge on any atom is -0.391 e. The fourth-order valence-electron chi connectivity index (χ4n) is 1.87. The van der Waals surface area contributed by atoms with Gasteiger partial charge in [0.05, 0.1) is 19.3 Å². The molecule has 2 atom stereocenters. The highest BCUT2D eigenvalue weighted by Gasteiger charge is 2.25. The summed E-state index contributed by atoms with van der Waals surface area (Å²) >= 11 is 0. The summed E-state index contributed by atoms with van der Waals surface area (Å²) in [5.74, 6) is 0.321. The highest BCUT2D eigenvalue weighted by atomic mass is 16.5. The minimum absolute atomic E-state index is 0.260. The van der Waals surface area contributed by atoms with Gasteiger partial charge in [0.2, 0.25) is 0 Å². The van der Waals surface area contributed by atoms with Gasteiger partial charge in [-0.25, -0.2) is 0 Å². The van der Waals surface area contributed by atoms with Crippen LogP contribution in [0.2, 0.25) is 0 Å². The van der Waals surface area contributed by atoms with Gasteiger partial charge in [0.25, 0.3) is 0 Å². The molecule has 90 valence electrons.